The number of hydrogen-bond donors (Lipinski definition) is 1. The molecule has 0 spiro atoms. The quantitative estimate of drug-likeness (QED) is 0.826. The summed E-state index contributed by atoms with van der Waals surface area (Å²) in [5.74, 6) is -0.806. The van der Waals surface area contributed by atoms with E-state index in [9.17, 15) is 18.3 Å². The fourth-order valence-corrected chi connectivity index (χ4v) is 4.96. The number of sulfone groups is 1. The molecule has 1 saturated carbocycles. The molecule has 2 fully saturated rings. The number of carboxylic acids is 1. The topological polar surface area (TPSA) is 80.7 Å². The molecule has 1 aliphatic carbocycles. The van der Waals surface area contributed by atoms with Gasteiger partial charge >= 0.3 is 5.97 Å². The first-order chi connectivity index (χ1) is 11.5. The van der Waals surface area contributed by atoms with E-state index in [1.807, 2.05) is 0 Å². The third-order valence-electron chi connectivity index (χ3n) is 4.88. The molecule has 0 amide bonds. The van der Waals surface area contributed by atoms with Crippen molar-refractivity contribution in [1.29, 1.82) is 0 Å². The molecule has 6 heteroatoms. The van der Waals surface area contributed by atoms with Crippen molar-refractivity contribution in [2.75, 3.05) is 13.2 Å². The normalized spacial score (nSPS) is 20.6. The maximum absolute atomic E-state index is 12.4. The maximum atomic E-state index is 12.4. The van der Waals surface area contributed by atoms with Gasteiger partial charge in [-0.15, -0.1) is 0 Å². The van der Waals surface area contributed by atoms with Crippen molar-refractivity contribution < 1.29 is 23.1 Å². The fraction of sp³-hybridized carbons (Fsp3) is 0.500. The molecule has 1 aromatic carbocycles. The van der Waals surface area contributed by atoms with E-state index >= 15 is 0 Å². The Morgan fingerprint density at radius 2 is 1.71 bits per heavy atom. The largest absolute Gasteiger partial charge is 0.478 e. The number of ether oxygens (including phenoxy) is 1. The molecule has 0 aromatic heterocycles. The zero-order valence-electron chi connectivity index (χ0n) is 13.5. The van der Waals surface area contributed by atoms with Gasteiger partial charge in [-0.2, -0.15) is 0 Å². The van der Waals surface area contributed by atoms with Crippen LogP contribution in [0.1, 0.15) is 37.7 Å². The van der Waals surface area contributed by atoms with Gasteiger partial charge in [0.1, 0.15) is 0 Å². The van der Waals surface area contributed by atoms with Crippen LogP contribution >= 0.6 is 0 Å². The number of rotatable bonds is 5. The zero-order valence-corrected chi connectivity index (χ0v) is 14.3. The van der Waals surface area contributed by atoms with Gasteiger partial charge in [0.2, 0.25) is 0 Å². The first kappa shape index (κ1) is 17.2. The molecule has 1 saturated heterocycles. The molecule has 1 aromatic rings. The average molecular weight is 350 g/mol. The van der Waals surface area contributed by atoms with Gasteiger partial charge in [0, 0.05) is 13.2 Å². The van der Waals surface area contributed by atoms with Gasteiger partial charge in [-0.3, -0.25) is 0 Å². The Morgan fingerprint density at radius 3 is 2.21 bits per heavy atom. The van der Waals surface area contributed by atoms with Crippen molar-refractivity contribution in [2.45, 2.75) is 42.2 Å². The maximum Gasteiger partial charge on any atom is 0.335 e. The summed E-state index contributed by atoms with van der Waals surface area (Å²) in [5.41, 5.74) is 0.774. The van der Waals surface area contributed by atoms with Crippen molar-refractivity contribution in [3.63, 3.8) is 0 Å². The molecule has 3 rings (SSSR count). The van der Waals surface area contributed by atoms with Crippen LogP contribution in [0, 0.1) is 5.92 Å². The van der Waals surface area contributed by atoms with Crippen LogP contribution in [0.15, 0.2) is 35.2 Å². The van der Waals surface area contributed by atoms with Crippen molar-refractivity contribution in [3.05, 3.63) is 35.9 Å². The molecule has 0 radical (unpaired) electrons. The van der Waals surface area contributed by atoms with Gasteiger partial charge in [0.25, 0.3) is 0 Å². The highest BCUT2D eigenvalue weighted by Gasteiger charge is 2.32. The van der Waals surface area contributed by atoms with Crippen molar-refractivity contribution in [3.8, 4) is 0 Å². The predicted octanol–water partition coefficient (Wildman–Crippen LogP) is 2.91. The number of aliphatic carboxylic acids is 1. The van der Waals surface area contributed by atoms with E-state index in [0.29, 0.717) is 31.6 Å². The molecular weight excluding hydrogens is 328 g/mol. The molecule has 0 atom stereocenters. The lowest BCUT2D eigenvalue weighted by Gasteiger charge is -2.25. The Balaban J connectivity index is 1.84. The lowest BCUT2D eigenvalue weighted by molar-refractivity contribution is -0.130. The summed E-state index contributed by atoms with van der Waals surface area (Å²) in [6.45, 7) is 1.29. The lowest BCUT2D eigenvalue weighted by atomic mass is 9.94. The summed E-state index contributed by atoms with van der Waals surface area (Å²) in [4.78, 5) is 11.9. The standard InChI is InChI=1S/C18H22O5S/c19-18(20)17(12-13-8-10-23-11-9-13)14-4-6-16(7-5-14)24(21,22)15-2-1-3-15/h4-7,12-13,15H,1-3,8-11H2,(H,19,20). The van der Waals surface area contributed by atoms with Gasteiger partial charge in [-0.05, 0) is 49.3 Å². The highest BCUT2D eigenvalue weighted by Crippen LogP contribution is 2.32. The summed E-state index contributed by atoms with van der Waals surface area (Å²) in [5, 5.41) is 9.23. The molecule has 24 heavy (non-hydrogen) atoms. The number of benzene rings is 1. The zero-order chi connectivity index (χ0) is 17.2. The summed E-state index contributed by atoms with van der Waals surface area (Å²) in [6.07, 6.45) is 5.79. The third kappa shape index (κ3) is 3.54. The number of carboxylic acid groups (broad SMARTS) is 1. The molecule has 1 N–H and O–H groups in total. The molecule has 130 valence electrons. The van der Waals surface area contributed by atoms with E-state index in [1.54, 1.807) is 18.2 Å². The summed E-state index contributed by atoms with van der Waals surface area (Å²) in [7, 11) is -3.28. The van der Waals surface area contributed by atoms with Gasteiger partial charge in [0.15, 0.2) is 9.84 Å². The van der Waals surface area contributed by atoms with Crippen LogP contribution in [0.4, 0.5) is 0 Å². The SMILES string of the molecule is O=C(O)C(=CC1CCOCC1)c1ccc(S(=O)(=O)C2CCC2)cc1. The molecule has 1 aliphatic heterocycles. The highest BCUT2D eigenvalue weighted by molar-refractivity contribution is 7.92. The van der Waals surface area contributed by atoms with Crippen molar-refractivity contribution in [2.24, 2.45) is 5.92 Å². The molecule has 0 unspecified atom stereocenters. The van der Waals surface area contributed by atoms with Crippen LogP contribution in [0.2, 0.25) is 0 Å². The number of allylic oxidation sites excluding steroid dienone is 1. The Hall–Kier alpha value is -1.66. The van der Waals surface area contributed by atoms with E-state index in [-0.39, 0.29) is 21.6 Å². The summed E-state index contributed by atoms with van der Waals surface area (Å²) >= 11 is 0. The molecule has 1 heterocycles. The first-order valence-corrected chi connectivity index (χ1v) is 9.90. The molecule has 2 aliphatic rings. The van der Waals surface area contributed by atoms with Gasteiger partial charge in [0.05, 0.1) is 15.7 Å². The second kappa shape index (κ2) is 7.07. The van der Waals surface area contributed by atoms with Crippen LogP contribution in [0.5, 0.6) is 0 Å². The third-order valence-corrected chi connectivity index (χ3v) is 7.16. The molecule has 5 nitrogen and oxygen atoms in total. The Labute approximate surface area is 142 Å². The van der Waals surface area contributed by atoms with Crippen LogP contribution in [0.25, 0.3) is 5.57 Å². The Kier molecular flexibility index (Phi) is 5.06. The van der Waals surface area contributed by atoms with E-state index in [2.05, 4.69) is 0 Å². The summed E-state index contributed by atoms with van der Waals surface area (Å²) < 4.78 is 30.1. The number of carbonyl (C=O) groups is 1. The van der Waals surface area contributed by atoms with Gasteiger partial charge in [-0.25, -0.2) is 13.2 Å². The monoisotopic (exact) mass is 350 g/mol. The minimum absolute atomic E-state index is 0.184. The first-order valence-electron chi connectivity index (χ1n) is 8.35. The smallest absolute Gasteiger partial charge is 0.335 e. The van der Waals surface area contributed by atoms with Crippen LogP contribution in [-0.4, -0.2) is 38.0 Å². The highest BCUT2D eigenvalue weighted by atomic mass is 32.2. The minimum Gasteiger partial charge on any atom is -0.478 e. The van der Waals surface area contributed by atoms with Crippen molar-refractivity contribution >= 4 is 21.4 Å². The molecule has 0 bridgehead atoms. The minimum atomic E-state index is -3.28. The fourth-order valence-electron chi connectivity index (χ4n) is 3.11. The van der Waals surface area contributed by atoms with Gasteiger partial charge in [-0.1, -0.05) is 24.6 Å². The Bertz CT molecular complexity index is 723. The van der Waals surface area contributed by atoms with E-state index < -0.39 is 15.8 Å². The second-order valence-electron chi connectivity index (χ2n) is 6.46. The van der Waals surface area contributed by atoms with Gasteiger partial charge < -0.3 is 9.84 Å². The number of hydrogen-bond acceptors (Lipinski definition) is 4. The Morgan fingerprint density at radius 1 is 1.08 bits per heavy atom. The van der Waals surface area contributed by atoms with Crippen LogP contribution < -0.4 is 0 Å². The predicted molar refractivity (Wildman–Crippen MR) is 90.4 cm³/mol. The average Bonchev–Trinajstić information content (AvgIpc) is 2.51. The lowest BCUT2D eigenvalue weighted by Crippen LogP contribution is -2.28. The van der Waals surface area contributed by atoms with Crippen molar-refractivity contribution in [1.82, 2.24) is 0 Å². The van der Waals surface area contributed by atoms with Crippen LogP contribution in [0.3, 0.4) is 0 Å². The van der Waals surface area contributed by atoms with E-state index in [1.165, 1.54) is 12.1 Å². The van der Waals surface area contributed by atoms with E-state index in [4.69, 9.17) is 4.74 Å². The molecular formula is C18H22O5S. The van der Waals surface area contributed by atoms with Crippen LogP contribution in [-0.2, 0) is 19.4 Å². The second-order valence-corrected chi connectivity index (χ2v) is 8.69. The summed E-state index contributed by atoms with van der Waals surface area (Å²) in [6, 6.07) is 6.27. The van der Waals surface area contributed by atoms with E-state index in [0.717, 1.165) is 19.3 Å².